The summed E-state index contributed by atoms with van der Waals surface area (Å²) in [5.41, 5.74) is 3.07. The molecule has 2 aromatic rings. The molecule has 4 nitrogen and oxygen atoms in total. The van der Waals surface area contributed by atoms with Gasteiger partial charge in [-0.2, -0.15) is 0 Å². The van der Waals surface area contributed by atoms with E-state index in [0.29, 0.717) is 19.0 Å². The second-order valence-corrected chi connectivity index (χ2v) is 5.21. The van der Waals surface area contributed by atoms with Gasteiger partial charge in [-0.25, -0.2) is 4.39 Å². The average Bonchev–Trinajstić information content (AvgIpc) is 2.56. The van der Waals surface area contributed by atoms with E-state index in [4.69, 9.17) is 4.74 Å². The first-order valence-corrected chi connectivity index (χ1v) is 7.45. The number of ether oxygens (including phenoxy) is 1. The van der Waals surface area contributed by atoms with Gasteiger partial charge in [0.2, 0.25) is 0 Å². The number of rotatable bonds is 5. The van der Waals surface area contributed by atoms with Gasteiger partial charge in [-0.1, -0.05) is 24.3 Å². The molecule has 0 fully saturated rings. The Balaban J connectivity index is 0.00000288. The summed E-state index contributed by atoms with van der Waals surface area (Å²) in [7, 11) is 3.37. The van der Waals surface area contributed by atoms with Gasteiger partial charge in [-0.05, 0) is 41.8 Å². The normalized spacial score (nSPS) is 10.8. The largest absolute Gasteiger partial charge is 0.496 e. The molecule has 24 heavy (non-hydrogen) atoms. The molecule has 0 aliphatic rings. The van der Waals surface area contributed by atoms with Gasteiger partial charge in [0.15, 0.2) is 5.96 Å². The zero-order valence-corrected chi connectivity index (χ0v) is 16.4. The van der Waals surface area contributed by atoms with Crippen molar-refractivity contribution in [3.05, 3.63) is 65.0 Å². The lowest BCUT2D eigenvalue weighted by atomic mass is 10.1. The molecule has 2 N–H and O–H groups in total. The number of aliphatic imine (C=N–C) groups is 1. The predicted octanol–water partition coefficient (Wildman–Crippen LogP) is 3.63. The highest BCUT2D eigenvalue weighted by molar-refractivity contribution is 14.0. The number of aryl methyl sites for hydroxylation is 1. The van der Waals surface area contributed by atoms with Crippen molar-refractivity contribution < 1.29 is 9.13 Å². The summed E-state index contributed by atoms with van der Waals surface area (Å²) in [4.78, 5) is 4.17. The van der Waals surface area contributed by atoms with E-state index in [1.807, 2.05) is 31.2 Å². The van der Waals surface area contributed by atoms with Crippen molar-refractivity contribution in [2.75, 3.05) is 14.2 Å². The first-order chi connectivity index (χ1) is 11.1. The van der Waals surface area contributed by atoms with Crippen LogP contribution in [-0.4, -0.2) is 20.1 Å². The summed E-state index contributed by atoms with van der Waals surface area (Å²) in [6.07, 6.45) is 0. The van der Waals surface area contributed by atoms with Crippen molar-refractivity contribution >= 4 is 29.9 Å². The summed E-state index contributed by atoms with van der Waals surface area (Å²) in [5, 5.41) is 6.40. The van der Waals surface area contributed by atoms with Crippen molar-refractivity contribution in [3.63, 3.8) is 0 Å². The monoisotopic (exact) mass is 443 g/mol. The fourth-order valence-corrected chi connectivity index (χ4v) is 2.21. The fourth-order valence-electron chi connectivity index (χ4n) is 2.21. The van der Waals surface area contributed by atoms with Crippen molar-refractivity contribution in [2.24, 2.45) is 4.99 Å². The molecule has 0 saturated carbocycles. The number of nitrogens with one attached hydrogen (secondary N) is 2. The molecule has 0 aromatic heterocycles. The number of nitrogens with zero attached hydrogens (tertiary/aromatic N) is 1. The van der Waals surface area contributed by atoms with Gasteiger partial charge in [-0.15, -0.1) is 24.0 Å². The summed E-state index contributed by atoms with van der Waals surface area (Å²) < 4.78 is 18.5. The molecule has 0 heterocycles. The van der Waals surface area contributed by atoms with Crippen LogP contribution in [0, 0.1) is 12.7 Å². The van der Waals surface area contributed by atoms with Crippen molar-refractivity contribution in [3.8, 4) is 5.75 Å². The molecule has 0 unspecified atom stereocenters. The SMILES string of the molecule is CN=C(NCc1cccc(F)c1)NCc1ccc(C)c(OC)c1.I. The van der Waals surface area contributed by atoms with E-state index in [0.717, 1.165) is 22.4 Å². The molecule has 2 rings (SSSR count). The minimum absolute atomic E-state index is 0. The van der Waals surface area contributed by atoms with Gasteiger partial charge in [-0.3, -0.25) is 4.99 Å². The Morgan fingerprint density at radius 2 is 1.75 bits per heavy atom. The number of hydrogen-bond donors (Lipinski definition) is 2. The van der Waals surface area contributed by atoms with E-state index in [2.05, 4.69) is 15.6 Å². The van der Waals surface area contributed by atoms with E-state index in [1.165, 1.54) is 12.1 Å². The van der Waals surface area contributed by atoms with Gasteiger partial charge in [0, 0.05) is 20.1 Å². The van der Waals surface area contributed by atoms with E-state index >= 15 is 0 Å². The van der Waals surface area contributed by atoms with Gasteiger partial charge in [0.05, 0.1) is 7.11 Å². The topological polar surface area (TPSA) is 45.7 Å². The van der Waals surface area contributed by atoms with E-state index in [1.54, 1.807) is 20.2 Å². The molecule has 2 aromatic carbocycles. The maximum absolute atomic E-state index is 13.2. The van der Waals surface area contributed by atoms with Crippen molar-refractivity contribution in [2.45, 2.75) is 20.0 Å². The lowest BCUT2D eigenvalue weighted by molar-refractivity contribution is 0.411. The van der Waals surface area contributed by atoms with Crippen LogP contribution in [0.1, 0.15) is 16.7 Å². The molecule has 0 aliphatic heterocycles. The maximum atomic E-state index is 13.2. The molecular formula is C18H23FIN3O. The van der Waals surface area contributed by atoms with Crippen molar-refractivity contribution in [1.29, 1.82) is 0 Å². The molecule has 0 radical (unpaired) electrons. The van der Waals surface area contributed by atoms with Crippen LogP contribution in [0.4, 0.5) is 4.39 Å². The second-order valence-electron chi connectivity index (χ2n) is 5.21. The van der Waals surface area contributed by atoms with Crippen LogP contribution in [-0.2, 0) is 13.1 Å². The third-order valence-electron chi connectivity index (χ3n) is 3.51. The van der Waals surface area contributed by atoms with Crippen LogP contribution in [0.25, 0.3) is 0 Å². The summed E-state index contributed by atoms with van der Waals surface area (Å²) in [6.45, 7) is 3.14. The smallest absolute Gasteiger partial charge is 0.191 e. The molecule has 0 bridgehead atoms. The molecule has 0 spiro atoms. The third-order valence-corrected chi connectivity index (χ3v) is 3.51. The van der Waals surface area contributed by atoms with Crippen LogP contribution in [0.15, 0.2) is 47.5 Å². The molecule has 0 saturated heterocycles. The Labute approximate surface area is 159 Å². The lowest BCUT2D eigenvalue weighted by Crippen LogP contribution is -2.36. The van der Waals surface area contributed by atoms with Crippen molar-refractivity contribution in [1.82, 2.24) is 10.6 Å². The Bertz CT molecular complexity index is 692. The van der Waals surface area contributed by atoms with Gasteiger partial charge < -0.3 is 15.4 Å². The minimum Gasteiger partial charge on any atom is -0.496 e. The first kappa shape index (κ1) is 20.2. The standard InChI is InChI=1S/C18H22FN3O.HI/c1-13-7-8-15(10-17(13)23-3)12-22-18(20-2)21-11-14-5-4-6-16(19)9-14;/h4-10H,11-12H2,1-3H3,(H2,20,21,22);1H. The highest BCUT2D eigenvalue weighted by Crippen LogP contribution is 2.18. The number of halogens is 2. The second kappa shape index (κ2) is 10.1. The Hall–Kier alpha value is -1.83. The number of benzene rings is 2. The van der Waals surface area contributed by atoms with Gasteiger partial charge in [0.1, 0.15) is 11.6 Å². The number of hydrogen-bond acceptors (Lipinski definition) is 2. The van der Waals surface area contributed by atoms with Gasteiger partial charge in [0.25, 0.3) is 0 Å². The molecule has 0 atom stereocenters. The van der Waals surface area contributed by atoms with Crippen LogP contribution < -0.4 is 15.4 Å². The van der Waals surface area contributed by atoms with Crippen LogP contribution >= 0.6 is 24.0 Å². The molecule has 0 aliphatic carbocycles. The van der Waals surface area contributed by atoms with Gasteiger partial charge >= 0.3 is 0 Å². The summed E-state index contributed by atoms with van der Waals surface area (Å²) >= 11 is 0. The Kier molecular flexibility index (Phi) is 8.53. The fraction of sp³-hybridized carbons (Fsp3) is 0.278. The maximum Gasteiger partial charge on any atom is 0.191 e. The molecule has 6 heteroatoms. The summed E-state index contributed by atoms with van der Waals surface area (Å²) in [5.74, 6) is 1.29. The zero-order chi connectivity index (χ0) is 16.7. The Morgan fingerprint density at radius 1 is 1.08 bits per heavy atom. The Morgan fingerprint density at radius 3 is 2.33 bits per heavy atom. The third kappa shape index (κ3) is 5.99. The highest BCUT2D eigenvalue weighted by atomic mass is 127. The lowest BCUT2D eigenvalue weighted by Gasteiger charge is -2.13. The zero-order valence-electron chi connectivity index (χ0n) is 14.1. The summed E-state index contributed by atoms with van der Waals surface area (Å²) in [6, 6.07) is 12.6. The van der Waals surface area contributed by atoms with E-state index < -0.39 is 0 Å². The highest BCUT2D eigenvalue weighted by Gasteiger charge is 2.03. The molecule has 130 valence electrons. The van der Waals surface area contributed by atoms with E-state index in [9.17, 15) is 4.39 Å². The average molecular weight is 443 g/mol. The molecular weight excluding hydrogens is 420 g/mol. The predicted molar refractivity (Wildman–Crippen MR) is 107 cm³/mol. The number of guanidine groups is 1. The first-order valence-electron chi connectivity index (χ1n) is 7.45. The number of methoxy groups -OCH3 is 1. The van der Waals surface area contributed by atoms with Crippen LogP contribution in [0.3, 0.4) is 0 Å². The molecule has 0 amide bonds. The van der Waals surface area contributed by atoms with Crippen LogP contribution in [0.5, 0.6) is 5.75 Å². The van der Waals surface area contributed by atoms with E-state index in [-0.39, 0.29) is 29.8 Å². The minimum atomic E-state index is -0.237. The quantitative estimate of drug-likeness (QED) is 0.422. The van der Waals surface area contributed by atoms with Crippen LogP contribution in [0.2, 0.25) is 0 Å².